The first-order valence-electron chi connectivity index (χ1n) is 5.32. The van der Waals surface area contributed by atoms with E-state index in [9.17, 15) is 9.90 Å². The predicted octanol–water partition coefficient (Wildman–Crippen LogP) is 2.15. The lowest BCUT2D eigenvalue weighted by molar-refractivity contribution is -0.147. The van der Waals surface area contributed by atoms with Gasteiger partial charge in [-0.1, -0.05) is 6.92 Å². The second-order valence-electron chi connectivity index (χ2n) is 3.59. The van der Waals surface area contributed by atoms with Crippen LogP contribution < -0.4 is 9.47 Å². The summed E-state index contributed by atoms with van der Waals surface area (Å²) in [5, 5.41) is 18.6. The lowest BCUT2D eigenvalue weighted by Crippen LogP contribution is -2.13. The van der Waals surface area contributed by atoms with Gasteiger partial charge in [-0.2, -0.15) is 0 Å². The van der Waals surface area contributed by atoms with Crippen LogP contribution >= 0.6 is 15.9 Å². The van der Waals surface area contributed by atoms with Crippen LogP contribution in [0.2, 0.25) is 0 Å². The van der Waals surface area contributed by atoms with Gasteiger partial charge in [-0.05, 0) is 39.5 Å². The van der Waals surface area contributed by atoms with Crippen LogP contribution in [0.5, 0.6) is 11.5 Å². The van der Waals surface area contributed by atoms with E-state index in [0.717, 1.165) is 0 Å². The van der Waals surface area contributed by atoms with Gasteiger partial charge in [0.15, 0.2) is 17.6 Å². The third kappa shape index (κ3) is 2.59. The molecule has 2 N–H and O–H groups in total. The zero-order chi connectivity index (χ0) is 13.9. The van der Waals surface area contributed by atoms with Gasteiger partial charge in [-0.15, -0.1) is 0 Å². The summed E-state index contributed by atoms with van der Waals surface area (Å²) in [5.74, 6) is -0.448. The number of carboxylic acid groups (broad SMARTS) is 1. The Morgan fingerprint density at radius 1 is 1.44 bits per heavy atom. The Morgan fingerprint density at radius 3 is 2.44 bits per heavy atom. The maximum atomic E-state index is 10.9. The fraction of sp³-hybridized carbons (Fsp3) is 0.417. The summed E-state index contributed by atoms with van der Waals surface area (Å²) in [5.41, 5.74) is 0.983. The van der Waals surface area contributed by atoms with Gasteiger partial charge < -0.3 is 19.7 Å². The van der Waals surface area contributed by atoms with E-state index in [0.29, 0.717) is 33.5 Å². The summed E-state index contributed by atoms with van der Waals surface area (Å²) in [7, 11) is 2.95. The first-order chi connectivity index (χ1) is 8.47. The van der Waals surface area contributed by atoms with E-state index >= 15 is 0 Å². The second kappa shape index (κ2) is 6.06. The lowest BCUT2D eigenvalue weighted by atomic mass is 9.99. The number of halogens is 1. The number of aliphatic carboxylic acids is 1. The first kappa shape index (κ1) is 14.8. The fourth-order valence-corrected chi connectivity index (χ4v) is 2.61. The topological polar surface area (TPSA) is 76.0 Å². The van der Waals surface area contributed by atoms with E-state index in [1.165, 1.54) is 20.3 Å². The van der Waals surface area contributed by atoms with E-state index in [2.05, 4.69) is 15.9 Å². The summed E-state index contributed by atoms with van der Waals surface area (Å²) < 4.78 is 10.9. The molecular weight excluding hydrogens is 304 g/mol. The van der Waals surface area contributed by atoms with Gasteiger partial charge in [0.05, 0.1) is 18.7 Å². The normalized spacial score (nSPS) is 12.1. The molecule has 5 nitrogen and oxygen atoms in total. The number of aliphatic hydroxyl groups excluding tert-OH is 1. The smallest absolute Gasteiger partial charge is 0.337 e. The van der Waals surface area contributed by atoms with Crippen LogP contribution in [0.3, 0.4) is 0 Å². The molecule has 0 aliphatic rings. The summed E-state index contributed by atoms with van der Waals surface area (Å²) in [6, 6.07) is 1.49. The SMILES string of the molecule is CCc1c(C(O)C(=O)O)cc(OC)c(OC)c1Br. The minimum absolute atomic E-state index is 0.300. The third-order valence-corrected chi connectivity index (χ3v) is 3.47. The first-order valence-corrected chi connectivity index (χ1v) is 6.11. The molecule has 100 valence electrons. The molecule has 0 aliphatic carbocycles. The van der Waals surface area contributed by atoms with Crippen LogP contribution in [0.15, 0.2) is 10.5 Å². The standard InChI is InChI=1S/C12H15BrO5/c1-4-6-7(10(14)12(15)16)5-8(17-2)11(18-3)9(6)13/h5,10,14H,4H2,1-3H3,(H,15,16). The molecule has 0 radical (unpaired) electrons. The fourth-order valence-electron chi connectivity index (χ4n) is 1.74. The van der Waals surface area contributed by atoms with Gasteiger partial charge in [0.1, 0.15) is 0 Å². The quantitative estimate of drug-likeness (QED) is 0.870. The molecule has 0 heterocycles. The van der Waals surface area contributed by atoms with Crippen LogP contribution in [0.1, 0.15) is 24.2 Å². The Kier molecular flexibility index (Phi) is 4.98. The maximum absolute atomic E-state index is 10.9. The Labute approximate surface area is 113 Å². The Bertz CT molecular complexity index is 458. The molecule has 1 atom stereocenters. The molecule has 0 fully saturated rings. The van der Waals surface area contributed by atoms with Crippen LogP contribution in [-0.4, -0.2) is 30.4 Å². The van der Waals surface area contributed by atoms with E-state index < -0.39 is 12.1 Å². The Balaban J connectivity index is 3.51. The number of methoxy groups -OCH3 is 2. The van der Waals surface area contributed by atoms with Crippen molar-refractivity contribution in [2.45, 2.75) is 19.4 Å². The number of ether oxygens (including phenoxy) is 2. The molecule has 1 rings (SSSR count). The molecule has 0 aliphatic heterocycles. The summed E-state index contributed by atoms with van der Waals surface area (Å²) in [4.78, 5) is 10.9. The minimum Gasteiger partial charge on any atom is -0.493 e. The molecule has 18 heavy (non-hydrogen) atoms. The molecular formula is C12H15BrO5. The highest BCUT2D eigenvalue weighted by Crippen LogP contribution is 2.41. The second-order valence-corrected chi connectivity index (χ2v) is 4.38. The molecule has 1 unspecified atom stereocenters. The summed E-state index contributed by atoms with van der Waals surface area (Å²) >= 11 is 3.35. The van der Waals surface area contributed by atoms with Crippen LogP contribution in [0.25, 0.3) is 0 Å². The van der Waals surface area contributed by atoms with E-state index in [1.54, 1.807) is 0 Å². The number of rotatable bonds is 5. The van der Waals surface area contributed by atoms with Gasteiger partial charge in [0.2, 0.25) is 0 Å². The predicted molar refractivity (Wildman–Crippen MR) is 69.2 cm³/mol. The van der Waals surface area contributed by atoms with Crippen molar-refractivity contribution in [2.24, 2.45) is 0 Å². The molecule has 0 aromatic heterocycles. The zero-order valence-electron chi connectivity index (χ0n) is 10.4. The number of hydrogen-bond donors (Lipinski definition) is 2. The van der Waals surface area contributed by atoms with Gasteiger partial charge in [-0.25, -0.2) is 4.79 Å². The highest BCUT2D eigenvalue weighted by molar-refractivity contribution is 9.10. The molecule has 1 aromatic rings. The monoisotopic (exact) mass is 318 g/mol. The molecule has 6 heteroatoms. The Morgan fingerprint density at radius 2 is 2.06 bits per heavy atom. The van der Waals surface area contributed by atoms with Gasteiger partial charge in [0, 0.05) is 0 Å². The molecule has 0 bridgehead atoms. The van der Waals surface area contributed by atoms with Crippen LogP contribution in [0.4, 0.5) is 0 Å². The molecule has 1 aromatic carbocycles. The third-order valence-electron chi connectivity index (χ3n) is 2.63. The largest absolute Gasteiger partial charge is 0.493 e. The average molecular weight is 319 g/mol. The average Bonchev–Trinajstić information content (AvgIpc) is 2.36. The van der Waals surface area contributed by atoms with E-state index in [4.69, 9.17) is 14.6 Å². The molecule has 0 amide bonds. The Hall–Kier alpha value is -1.27. The van der Waals surface area contributed by atoms with Crippen molar-refractivity contribution in [3.63, 3.8) is 0 Å². The number of aliphatic hydroxyl groups is 1. The van der Waals surface area contributed by atoms with E-state index in [-0.39, 0.29) is 0 Å². The molecule has 0 saturated heterocycles. The summed E-state index contributed by atoms with van der Waals surface area (Å²) in [6.07, 6.45) is -1.03. The molecule has 0 spiro atoms. The lowest BCUT2D eigenvalue weighted by Gasteiger charge is -2.18. The molecule has 0 saturated carbocycles. The van der Waals surface area contributed by atoms with Crippen molar-refractivity contribution in [1.82, 2.24) is 0 Å². The van der Waals surface area contributed by atoms with Crippen molar-refractivity contribution < 1.29 is 24.5 Å². The van der Waals surface area contributed by atoms with Crippen molar-refractivity contribution in [3.05, 3.63) is 21.7 Å². The van der Waals surface area contributed by atoms with Crippen molar-refractivity contribution in [1.29, 1.82) is 0 Å². The van der Waals surface area contributed by atoms with Crippen molar-refractivity contribution in [3.8, 4) is 11.5 Å². The number of carbonyl (C=O) groups is 1. The highest BCUT2D eigenvalue weighted by atomic mass is 79.9. The number of carboxylic acids is 1. The van der Waals surface area contributed by atoms with Gasteiger partial charge in [0.25, 0.3) is 0 Å². The van der Waals surface area contributed by atoms with Gasteiger partial charge in [-0.3, -0.25) is 0 Å². The van der Waals surface area contributed by atoms with Crippen LogP contribution in [0, 0.1) is 0 Å². The maximum Gasteiger partial charge on any atom is 0.337 e. The van der Waals surface area contributed by atoms with Gasteiger partial charge >= 0.3 is 5.97 Å². The van der Waals surface area contributed by atoms with Crippen LogP contribution in [-0.2, 0) is 11.2 Å². The minimum atomic E-state index is -1.59. The number of hydrogen-bond acceptors (Lipinski definition) is 4. The summed E-state index contributed by atoms with van der Waals surface area (Å²) in [6.45, 7) is 1.87. The van der Waals surface area contributed by atoms with E-state index in [1.807, 2.05) is 6.92 Å². The highest BCUT2D eigenvalue weighted by Gasteiger charge is 2.24. The zero-order valence-corrected chi connectivity index (χ0v) is 11.9. The van der Waals surface area contributed by atoms with Crippen molar-refractivity contribution >= 4 is 21.9 Å². The number of benzene rings is 1. The van der Waals surface area contributed by atoms with Crippen molar-refractivity contribution in [2.75, 3.05) is 14.2 Å².